The van der Waals surface area contributed by atoms with Crippen LogP contribution in [0.15, 0.2) is 59.5 Å². The first-order valence-electron chi connectivity index (χ1n) is 9.03. The van der Waals surface area contributed by atoms with E-state index in [1.807, 2.05) is 30.5 Å². The summed E-state index contributed by atoms with van der Waals surface area (Å²) in [6.45, 7) is 0.530. The first-order chi connectivity index (χ1) is 13.6. The number of aromatic nitrogens is 3. The monoisotopic (exact) mass is 374 g/mol. The van der Waals surface area contributed by atoms with E-state index in [1.165, 1.54) is 0 Å². The van der Waals surface area contributed by atoms with Crippen molar-refractivity contribution >= 4 is 16.9 Å². The smallest absolute Gasteiger partial charge is 0.258 e. The van der Waals surface area contributed by atoms with E-state index in [1.54, 1.807) is 36.5 Å². The minimum Gasteiger partial charge on any atom is -0.444 e. The molecule has 140 valence electrons. The van der Waals surface area contributed by atoms with Gasteiger partial charge < -0.3 is 19.4 Å². The number of oxazole rings is 1. The standard InChI is InChI=1S/C21H18N4O3/c1-25-9-7-21(27,20(25)26)14-5-2-4-13(10-14)17-12-28-19(24-17)16-11-23-18-15(16)6-3-8-22-18/h2-6,8,10-12,27H,7,9H2,1H3,(H,22,23)/t21-/m1/s1. The molecule has 5 rings (SSSR count). The Balaban J connectivity index is 1.52. The number of likely N-dealkylation sites (tertiary alicyclic amines) is 1. The number of rotatable bonds is 3. The Morgan fingerprint density at radius 1 is 1.29 bits per heavy atom. The molecule has 28 heavy (non-hydrogen) atoms. The van der Waals surface area contributed by atoms with Crippen molar-refractivity contribution in [1.82, 2.24) is 19.9 Å². The highest BCUT2D eigenvalue weighted by Crippen LogP contribution is 2.35. The number of nitrogens with zero attached hydrogens (tertiary/aromatic N) is 3. The van der Waals surface area contributed by atoms with Crippen LogP contribution < -0.4 is 0 Å². The van der Waals surface area contributed by atoms with Gasteiger partial charge >= 0.3 is 0 Å². The van der Waals surface area contributed by atoms with Crippen LogP contribution in [-0.4, -0.2) is 44.5 Å². The maximum absolute atomic E-state index is 12.4. The lowest BCUT2D eigenvalue weighted by Crippen LogP contribution is -2.36. The van der Waals surface area contributed by atoms with E-state index in [-0.39, 0.29) is 5.91 Å². The van der Waals surface area contributed by atoms with Crippen LogP contribution in [0.1, 0.15) is 12.0 Å². The van der Waals surface area contributed by atoms with Crippen LogP contribution in [0.25, 0.3) is 33.7 Å². The van der Waals surface area contributed by atoms with Crippen molar-refractivity contribution in [3.8, 4) is 22.7 Å². The summed E-state index contributed by atoms with van der Waals surface area (Å²) < 4.78 is 5.70. The number of hydrogen-bond donors (Lipinski definition) is 2. The summed E-state index contributed by atoms with van der Waals surface area (Å²) in [4.78, 5) is 25.9. The molecule has 1 saturated heterocycles. The number of carbonyl (C=O) groups excluding carboxylic acids is 1. The molecule has 1 fully saturated rings. The molecule has 4 heterocycles. The minimum atomic E-state index is -1.49. The predicted molar refractivity (Wildman–Crippen MR) is 103 cm³/mol. The van der Waals surface area contributed by atoms with Crippen molar-refractivity contribution in [2.24, 2.45) is 0 Å². The number of amides is 1. The van der Waals surface area contributed by atoms with Crippen LogP contribution in [0.2, 0.25) is 0 Å². The Hall–Kier alpha value is -3.45. The number of benzene rings is 1. The molecule has 0 aliphatic carbocycles. The number of likely N-dealkylation sites (N-methyl/N-ethyl adjacent to an activating group) is 1. The molecule has 0 radical (unpaired) electrons. The topological polar surface area (TPSA) is 95.2 Å². The molecular weight excluding hydrogens is 356 g/mol. The summed E-state index contributed by atoms with van der Waals surface area (Å²) in [5, 5.41) is 11.8. The second-order valence-corrected chi connectivity index (χ2v) is 7.06. The Kier molecular flexibility index (Phi) is 3.60. The third-order valence-electron chi connectivity index (χ3n) is 5.33. The summed E-state index contributed by atoms with van der Waals surface area (Å²) >= 11 is 0. The summed E-state index contributed by atoms with van der Waals surface area (Å²) in [6.07, 6.45) is 5.50. The van der Waals surface area contributed by atoms with Gasteiger partial charge in [-0.2, -0.15) is 0 Å². The first kappa shape index (κ1) is 16.7. The summed E-state index contributed by atoms with van der Waals surface area (Å²) in [5.74, 6) is 0.201. The second kappa shape index (κ2) is 6.03. The number of nitrogens with one attached hydrogen (secondary N) is 1. The van der Waals surface area contributed by atoms with Gasteiger partial charge in [-0.25, -0.2) is 9.97 Å². The number of hydrogen-bond acceptors (Lipinski definition) is 5. The van der Waals surface area contributed by atoms with Crippen molar-refractivity contribution in [3.05, 3.63) is 60.6 Å². The highest BCUT2D eigenvalue weighted by atomic mass is 16.3. The van der Waals surface area contributed by atoms with E-state index >= 15 is 0 Å². The van der Waals surface area contributed by atoms with Gasteiger partial charge in [0.2, 0.25) is 5.89 Å². The molecule has 7 nitrogen and oxygen atoms in total. The molecule has 2 N–H and O–H groups in total. The average Bonchev–Trinajstić information content (AvgIpc) is 3.43. The number of aromatic amines is 1. The fourth-order valence-corrected chi connectivity index (χ4v) is 3.72. The molecule has 0 saturated carbocycles. The van der Waals surface area contributed by atoms with Gasteiger partial charge in [0.1, 0.15) is 17.6 Å². The van der Waals surface area contributed by atoms with Crippen molar-refractivity contribution in [2.75, 3.05) is 13.6 Å². The van der Waals surface area contributed by atoms with E-state index in [4.69, 9.17) is 4.42 Å². The van der Waals surface area contributed by atoms with E-state index in [9.17, 15) is 9.90 Å². The number of carbonyl (C=O) groups is 1. The lowest BCUT2D eigenvalue weighted by atomic mass is 9.90. The normalized spacial score (nSPS) is 19.6. The van der Waals surface area contributed by atoms with Crippen LogP contribution >= 0.6 is 0 Å². The highest BCUT2D eigenvalue weighted by Gasteiger charge is 2.45. The molecule has 0 bridgehead atoms. The molecule has 1 aromatic carbocycles. The SMILES string of the molecule is CN1CC[C@@](O)(c2cccc(-c3coc(-c4c[nH]c5ncccc45)n3)c2)C1=O. The molecule has 1 atom stereocenters. The number of pyridine rings is 1. The van der Waals surface area contributed by atoms with Crippen LogP contribution in [0.3, 0.4) is 0 Å². The molecular formula is C21H18N4O3. The fraction of sp³-hybridized carbons (Fsp3) is 0.190. The van der Waals surface area contributed by atoms with Crippen LogP contribution in [0, 0.1) is 0 Å². The summed E-state index contributed by atoms with van der Waals surface area (Å²) in [5.41, 5.74) is 2.10. The van der Waals surface area contributed by atoms with E-state index in [0.29, 0.717) is 30.1 Å². The molecule has 4 aromatic rings. The van der Waals surface area contributed by atoms with Crippen LogP contribution in [-0.2, 0) is 10.4 Å². The van der Waals surface area contributed by atoms with E-state index < -0.39 is 5.60 Å². The molecule has 0 unspecified atom stereocenters. The third-order valence-corrected chi connectivity index (χ3v) is 5.33. The van der Waals surface area contributed by atoms with Gasteiger partial charge in [-0.3, -0.25) is 4.79 Å². The molecule has 7 heteroatoms. The van der Waals surface area contributed by atoms with Gasteiger partial charge in [0.05, 0.1) is 5.56 Å². The van der Waals surface area contributed by atoms with Gasteiger partial charge in [-0.1, -0.05) is 18.2 Å². The first-order valence-corrected chi connectivity index (χ1v) is 9.03. The Morgan fingerprint density at radius 2 is 2.18 bits per heavy atom. The van der Waals surface area contributed by atoms with Crippen LogP contribution in [0.5, 0.6) is 0 Å². The van der Waals surface area contributed by atoms with Gasteiger partial charge in [0.25, 0.3) is 5.91 Å². The predicted octanol–water partition coefficient (Wildman–Crippen LogP) is 2.93. The molecule has 3 aromatic heterocycles. The minimum absolute atomic E-state index is 0.281. The van der Waals surface area contributed by atoms with Gasteiger partial charge in [0.15, 0.2) is 5.60 Å². The lowest BCUT2D eigenvalue weighted by Gasteiger charge is -2.21. The zero-order chi connectivity index (χ0) is 19.3. The summed E-state index contributed by atoms with van der Waals surface area (Å²) in [7, 11) is 1.70. The zero-order valence-corrected chi connectivity index (χ0v) is 15.2. The Labute approximate surface area is 160 Å². The number of fused-ring (bicyclic) bond motifs is 1. The van der Waals surface area contributed by atoms with Crippen LogP contribution in [0.4, 0.5) is 0 Å². The largest absolute Gasteiger partial charge is 0.444 e. The van der Waals surface area contributed by atoms with Crippen molar-refractivity contribution < 1.29 is 14.3 Å². The maximum atomic E-state index is 12.4. The van der Waals surface area contributed by atoms with Gasteiger partial charge in [-0.15, -0.1) is 0 Å². The molecule has 1 aliphatic heterocycles. The van der Waals surface area contributed by atoms with Gasteiger partial charge in [-0.05, 0) is 23.8 Å². The lowest BCUT2D eigenvalue weighted by molar-refractivity contribution is -0.143. The molecule has 1 amide bonds. The number of aliphatic hydroxyl groups is 1. The molecule has 1 aliphatic rings. The van der Waals surface area contributed by atoms with Crippen molar-refractivity contribution in [3.63, 3.8) is 0 Å². The van der Waals surface area contributed by atoms with Gasteiger partial charge in [0, 0.05) is 43.4 Å². The molecule has 0 spiro atoms. The third kappa shape index (κ3) is 2.44. The van der Waals surface area contributed by atoms with Crippen molar-refractivity contribution in [1.29, 1.82) is 0 Å². The average molecular weight is 374 g/mol. The summed E-state index contributed by atoms with van der Waals surface area (Å²) in [6, 6.07) is 11.1. The maximum Gasteiger partial charge on any atom is 0.258 e. The van der Waals surface area contributed by atoms with E-state index in [0.717, 1.165) is 22.2 Å². The Bertz CT molecular complexity index is 1200. The Morgan fingerprint density at radius 3 is 3.00 bits per heavy atom. The zero-order valence-electron chi connectivity index (χ0n) is 15.2. The quantitative estimate of drug-likeness (QED) is 0.575. The fourth-order valence-electron chi connectivity index (χ4n) is 3.72. The second-order valence-electron chi connectivity index (χ2n) is 7.06. The van der Waals surface area contributed by atoms with Crippen molar-refractivity contribution in [2.45, 2.75) is 12.0 Å². The highest BCUT2D eigenvalue weighted by molar-refractivity contribution is 5.91. The number of H-pyrrole nitrogens is 1. The van der Waals surface area contributed by atoms with E-state index in [2.05, 4.69) is 15.0 Å².